The van der Waals surface area contributed by atoms with Gasteiger partial charge in [0.15, 0.2) is 6.10 Å². The molecule has 2 bridgehead atoms. The van der Waals surface area contributed by atoms with Crippen LogP contribution in [-0.2, 0) is 4.74 Å². The third-order valence-corrected chi connectivity index (χ3v) is 11.6. The Hall–Kier alpha value is -3.46. The highest BCUT2D eigenvalue weighted by molar-refractivity contribution is 6.30. The Labute approximate surface area is 261 Å². The summed E-state index contributed by atoms with van der Waals surface area (Å²) in [7, 11) is 1.58. The molecule has 8 nitrogen and oxygen atoms in total. The van der Waals surface area contributed by atoms with Crippen LogP contribution in [-0.4, -0.2) is 64.4 Å². The fraction of sp³-hybridized carbons (Fsp3) is 0.457. The third kappa shape index (κ3) is 4.00. The van der Waals surface area contributed by atoms with Crippen molar-refractivity contribution in [1.82, 2.24) is 4.90 Å². The molecule has 7 atom stereocenters. The maximum Gasteiger partial charge on any atom is 0.414 e. The number of carbonyl (C=O) groups is 3. The molecule has 2 saturated carbocycles. The molecule has 9 heteroatoms. The predicted octanol–water partition coefficient (Wildman–Crippen LogP) is 5.63. The molecule has 230 valence electrons. The van der Waals surface area contributed by atoms with Crippen LogP contribution in [0.2, 0.25) is 5.02 Å². The van der Waals surface area contributed by atoms with Gasteiger partial charge in [-0.25, -0.2) is 4.79 Å². The molecule has 5 aliphatic rings. The minimum Gasteiger partial charge on any atom is -0.438 e. The summed E-state index contributed by atoms with van der Waals surface area (Å²) in [4.78, 5) is 42.8. The second-order valence-corrected chi connectivity index (χ2v) is 14.4. The molecule has 7 rings (SSSR count). The molecule has 0 aromatic heterocycles. The summed E-state index contributed by atoms with van der Waals surface area (Å²) in [5, 5.41) is 25.7. The molecule has 0 saturated heterocycles. The Balaban J connectivity index is 1.26. The van der Waals surface area contributed by atoms with Crippen molar-refractivity contribution in [3.8, 4) is 0 Å². The Morgan fingerprint density at radius 3 is 2.36 bits per heavy atom. The van der Waals surface area contributed by atoms with Crippen molar-refractivity contribution in [2.45, 2.75) is 57.8 Å². The van der Waals surface area contributed by atoms with Crippen molar-refractivity contribution in [3.05, 3.63) is 88.0 Å². The number of amides is 3. The van der Waals surface area contributed by atoms with E-state index in [1.165, 1.54) is 4.90 Å². The molecule has 2 aromatic carbocycles. The number of hydrogen-bond donors (Lipinski definition) is 2. The van der Waals surface area contributed by atoms with Crippen LogP contribution < -0.4 is 4.90 Å². The molecule has 2 N–H and O–H groups in total. The third-order valence-electron chi connectivity index (χ3n) is 11.3. The minimum atomic E-state index is -1.91. The number of benzene rings is 2. The van der Waals surface area contributed by atoms with Crippen molar-refractivity contribution in [2.75, 3.05) is 18.5 Å². The molecular weight excluding hydrogens is 580 g/mol. The molecule has 4 unspecified atom stereocenters. The van der Waals surface area contributed by atoms with Crippen LogP contribution >= 0.6 is 11.6 Å². The summed E-state index contributed by atoms with van der Waals surface area (Å²) < 4.78 is 6.09. The van der Waals surface area contributed by atoms with Crippen LogP contribution in [0.1, 0.15) is 60.7 Å². The van der Waals surface area contributed by atoms with E-state index >= 15 is 0 Å². The number of fused-ring (bicyclic) bond motifs is 4. The average Bonchev–Trinajstić information content (AvgIpc) is 3.48. The van der Waals surface area contributed by atoms with E-state index in [1.807, 2.05) is 19.1 Å². The van der Waals surface area contributed by atoms with Gasteiger partial charge in [0.2, 0.25) is 0 Å². The molecule has 1 spiro atoms. The lowest BCUT2D eigenvalue weighted by Crippen LogP contribution is -2.62. The standard InChI is InChI=1S/C35H37ClN2O6/c1-19-16-34-14-13-26-27(33(26,2)3)20(17-34)15-21(18-38-30(40)24-7-5-6-8-25(24)31(38)41)28(39)35(34,43)29(19)44-32(42)37(4)23-11-9-22(36)10-12-23/h5-12,15-16,20,26-29,39,43H,13-14,17-18H2,1-4H3/t20?,26-,27+,28?,29?,34-,35?/m1/s1. The van der Waals surface area contributed by atoms with Crippen LogP contribution in [0.15, 0.2) is 71.8 Å². The van der Waals surface area contributed by atoms with E-state index in [0.29, 0.717) is 57.7 Å². The van der Waals surface area contributed by atoms with Crippen LogP contribution in [0.3, 0.4) is 0 Å². The molecule has 44 heavy (non-hydrogen) atoms. The van der Waals surface area contributed by atoms with Crippen molar-refractivity contribution in [1.29, 1.82) is 0 Å². The Morgan fingerprint density at radius 2 is 1.73 bits per heavy atom. The molecule has 1 heterocycles. The first-order valence-corrected chi connectivity index (χ1v) is 15.6. The van der Waals surface area contributed by atoms with Crippen molar-refractivity contribution in [3.63, 3.8) is 0 Å². The van der Waals surface area contributed by atoms with E-state index in [2.05, 4.69) is 13.8 Å². The van der Waals surface area contributed by atoms with E-state index in [4.69, 9.17) is 16.3 Å². The van der Waals surface area contributed by atoms with E-state index < -0.39 is 41.1 Å². The minimum absolute atomic E-state index is 0.00148. The Bertz CT molecular complexity index is 1610. The molecule has 0 radical (unpaired) electrons. The number of aliphatic hydroxyl groups excluding tert-OH is 1. The maximum absolute atomic E-state index is 13.5. The zero-order chi connectivity index (χ0) is 31.3. The van der Waals surface area contributed by atoms with E-state index in [-0.39, 0.29) is 17.9 Å². The summed E-state index contributed by atoms with van der Waals surface area (Å²) in [5.41, 5.74) is -0.404. The Morgan fingerprint density at radius 1 is 1.09 bits per heavy atom. The highest BCUT2D eigenvalue weighted by Crippen LogP contribution is 2.71. The van der Waals surface area contributed by atoms with Crippen molar-refractivity contribution in [2.24, 2.45) is 28.6 Å². The summed E-state index contributed by atoms with van der Waals surface area (Å²) in [6.45, 7) is 6.19. The quantitative estimate of drug-likeness (QED) is 0.341. The zero-order valence-corrected chi connectivity index (χ0v) is 26.0. The van der Waals surface area contributed by atoms with Crippen molar-refractivity contribution >= 4 is 35.2 Å². The number of imide groups is 1. The largest absolute Gasteiger partial charge is 0.438 e. The average molecular weight is 617 g/mol. The van der Waals surface area contributed by atoms with Gasteiger partial charge in [-0.3, -0.25) is 19.4 Å². The van der Waals surface area contributed by atoms with Gasteiger partial charge in [0.05, 0.1) is 17.7 Å². The van der Waals surface area contributed by atoms with E-state index in [9.17, 15) is 24.6 Å². The van der Waals surface area contributed by atoms with Gasteiger partial charge in [0.1, 0.15) is 11.7 Å². The number of rotatable bonds is 4. The maximum atomic E-state index is 13.5. The number of hydrogen-bond acceptors (Lipinski definition) is 6. The van der Waals surface area contributed by atoms with Crippen LogP contribution in [0.25, 0.3) is 0 Å². The number of carbonyl (C=O) groups excluding carboxylic acids is 3. The van der Waals surface area contributed by atoms with Crippen LogP contribution in [0, 0.1) is 28.6 Å². The lowest BCUT2D eigenvalue weighted by molar-refractivity contribution is -0.173. The fourth-order valence-corrected chi connectivity index (χ4v) is 9.17. The topological polar surface area (TPSA) is 107 Å². The summed E-state index contributed by atoms with van der Waals surface area (Å²) in [6.07, 6.45) is 2.75. The zero-order valence-electron chi connectivity index (χ0n) is 25.3. The van der Waals surface area contributed by atoms with Crippen LogP contribution in [0.5, 0.6) is 0 Å². The van der Waals surface area contributed by atoms with Gasteiger partial charge < -0.3 is 14.9 Å². The predicted molar refractivity (Wildman–Crippen MR) is 165 cm³/mol. The summed E-state index contributed by atoms with van der Waals surface area (Å²) in [5.74, 6) is -0.0819. The van der Waals surface area contributed by atoms with E-state index in [0.717, 1.165) is 11.3 Å². The monoisotopic (exact) mass is 616 g/mol. The lowest BCUT2D eigenvalue weighted by atomic mass is 9.64. The normalized spacial score (nSPS) is 34.6. The van der Waals surface area contributed by atoms with Gasteiger partial charge in [0.25, 0.3) is 11.8 Å². The van der Waals surface area contributed by atoms with Gasteiger partial charge in [0, 0.05) is 23.2 Å². The lowest BCUT2D eigenvalue weighted by Gasteiger charge is -2.47. The number of allylic oxidation sites excluding steroid dienone is 1. The first kappa shape index (κ1) is 29.3. The van der Waals surface area contributed by atoms with Gasteiger partial charge in [-0.15, -0.1) is 0 Å². The highest BCUT2D eigenvalue weighted by Gasteiger charge is 2.71. The molecule has 1 aliphatic heterocycles. The number of ether oxygens (including phenoxy) is 1. The number of anilines is 1. The first-order valence-electron chi connectivity index (χ1n) is 15.3. The number of halogens is 1. The second kappa shape index (κ2) is 9.77. The van der Waals surface area contributed by atoms with Gasteiger partial charge >= 0.3 is 6.09 Å². The molecule has 4 aliphatic carbocycles. The van der Waals surface area contributed by atoms with Crippen LogP contribution in [0.4, 0.5) is 10.5 Å². The summed E-state index contributed by atoms with van der Waals surface area (Å²) >= 11 is 6.04. The second-order valence-electron chi connectivity index (χ2n) is 13.9. The summed E-state index contributed by atoms with van der Waals surface area (Å²) in [6, 6.07) is 13.4. The highest BCUT2D eigenvalue weighted by atomic mass is 35.5. The number of nitrogens with zero attached hydrogens (tertiary/aromatic N) is 2. The molecule has 2 fully saturated rings. The van der Waals surface area contributed by atoms with E-state index in [1.54, 1.807) is 55.6 Å². The van der Waals surface area contributed by atoms with Gasteiger partial charge in [-0.2, -0.15) is 0 Å². The van der Waals surface area contributed by atoms with Gasteiger partial charge in [-0.05, 0) is 96.9 Å². The first-order chi connectivity index (χ1) is 20.8. The van der Waals surface area contributed by atoms with Crippen molar-refractivity contribution < 1.29 is 29.3 Å². The SMILES string of the molecule is CC1=C[C@@]23CC[C@@H]4[C@H](C(C=C(CN5C(=O)c6ccccc6C5=O)C(O)C2(O)C1OC(=O)N(C)c1ccc(Cl)cc1)C3)C4(C)C. The Kier molecular flexibility index (Phi) is 6.50. The fourth-order valence-electron chi connectivity index (χ4n) is 9.05. The number of aliphatic hydroxyl groups is 2. The molecule has 3 amide bonds. The van der Waals surface area contributed by atoms with Gasteiger partial charge in [-0.1, -0.05) is 49.7 Å². The smallest absolute Gasteiger partial charge is 0.414 e. The molecule has 2 aromatic rings. The molecular formula is C35H37ClN2O6.